The Labute approximate surface area is 118 Å². The number of aromatic nitrogens is 5. The van der Waals surface area contributed by atoms with E-state index in [0.717, 1.165) is 0 Å². The summed E-state index contributed by atoms with van der Waals surface area (Å²) in [5.74, 6) is -0.249. The highest BCUT2D eigenvalue weighted by atomic mass is 16.2. The second-order valence-corrected chi connectivity index (χ2v) is 4.50. The third-order valence-electron chi connectivity index (χ3n) is 2.90. The first-order chi connectivity index (χ1) is 10.1. The Kier molecular flexibility index (Phi) is 3.24. The highest BCUT2D eigenvalue weighted by Crippen LogP contribution is 2.14. The van der Waals surface area contributed by atoms with Crippen LogP contribution in [-0.4, -0.2) is 30.9 Å². The molecule has 3 rings (SSSR count). The zero-order valence-corrected chi connectivity index (χ0v) is 11.0. The third kappa shape index (κ3) is 2.82. The van der Waals surface area contributed by atoms with E-state index in [9.17, 15) is 9.59 Å². The summed E-state index contributed by atoms with van der Waals surface area (Å²) in [6, 6.07) is 5.10. The number of anilines is 1. The van der Waals surface area contributed by atoms with E-state index in [4.69, 9.17) is 5.73 Å². The number of H-pyrrole nitrogens is 2. The maximum atomic E-state index is 11.9. The number of amides is 1. The van der Waals surface area contributed by atoms with Crippen molar-refractivity contribution in [2.24, 2.45) is 5.73 Å². The van der Waals surface area contributed by atoms with E-state index >= 15 is 0 Å². The molecule has 1 aromatic carbocycles. The molecular weight excluding hydrogens is 274 g/mol. The van der Waals surface area contributed by atoms with Crippen molar-refractivity contribution in [3.05, 3.63) is 40.6 Å². The Morgan fingerprint density at radius 3 is 2.90 bits per heavy atom. The lowest BCUT2D eigenvalue weighted by Crippen LogP contribution is -2.19. The minimum Gasteiger partial charge on any atom is -0.325 e. The van der Waals surface area contributed by atoms with Crippen molar-refractivity contribution in [1.82, 2.24) is 25.0 Å². The molecule has 2 aromatic heterocycles. The lowest BCUT2D eigenvalue weighted by molar-refractivity contribution is -0.116. The van der Waals surface area contributed by atoms with Crippen LogP contribution in [0, 0.1) is 0 Å². The molecule has 1 amide bonds. The number of nitrogens with two attached hydrogens (primary N) is 1. The van der Waals surface area contributed by atoms with Gasteiger partial charge in [0.25, 0.3) is 0 Å². The summed E-state index contributed by atoms with van der Waals surface area (Å²) < 4.78 is 1.41. The van der Waals surface area contributed by atoms with Gasteiger partial charge in [-0.15, -0.1) is 5.10 Å². The Morgan fingerprint density at radius 1 is 1.33 bits per heavy atom. The summed E-state index contributed by atoms with van der Waals surface area (Å²) in [4.78, 5) is 28.3. The number of nitrogens with zero attached hydrogens (tertiary/aromatic N) is 3. The average Bonchev–Trinajstić information content (AvgIpc) is 3.03. The highest BCUT2D eigenvalue weighted by molar-refractivity contribution is 5.92. The zero-order valence-electron chi connectivity index (χ0n) is 11.0. The number of carbonyl (C=O) groups excluding carboxylic acids is 1. The molecule has 5 N–H and O–H groups in total. The average molecular weight is 287 g/mol. The van der Waals surface area contributed by atoms with Gasteiger partial charge in [0.15, 0.2) is 0 Å². The quantitative estimate of drug-likeness (QED) is 0.515. The van der Waals surface area contributed by atoms with Gasteiger partial charge in [-0.25, -0.2) is 9.48 Å². The fourth-order valence-electron chi connectivity index (χ4n) is 1.97. The molecule has 0 aliphatic carbocycles. The number of carbonyl (C=O) groups is 1. The smallest absolute Gasteiger partial charge is 0.323 e. The lowest BCUT2D eigenvalue weighted by atomic mass is 10.3. The van der Waals surface area contributed by atoms with Gasteiger partial charge >= 0.3 is 5.69 Å². The SMILES string of the molecule is NCc1cn(CC(=O)Nc2ccc3[nH]c(=O)[nH]c3c2)nn1. The molecular formula is C12H13N7O2. The Bertz CT molecular complexity index is 845. The van der Waals surface area contributed by atoms with Crippen LogP contribution >= 0.6 is 0 Å². The summed E-state index contributed by atoms with van der Waals surface area (Å²) in [6.45, 7) is 0.313. The number of rotatable bonds is 4. The molecule has 9 nitrogen and oxygen atoms in total. The number of imidazole rings is 1. The fraction of sp³-hybridized carbons (Fsp3) is 0.167. The van der Waals surface area contributed by atoms with Crippen LogP contribution in [0.4, 0.5) is 5.69 Å². The standard InChI is InChI=1S/C12H13N7O2/c13-4-8-5-19(18-17-8)6-11(20)14-7-1-2-9-10(3-7)16-12(21)15-9/h1-3,5H,4,6,13H2,(H,14,20)(H2,15,16,21). The molecule has 9 heteroatoms. The van der Waals surface area contributed by atoms with Crippen molar-refractivity contribution in [3.8, 4) is 0 Å². The van der Waals surface area contributed by atoms with Crippen molar-refractivity contribution in [3.63, 3.8) is 0 Å². The summed E-state index contributed by atoms with van der Waals surface area (Å²) in [5, 5.41) is 10.3. The van der Waals surface area contributed by atoms with Crippen LogP contribution in [0.5, 0.6) is 0 Å². The van der Waals surface area contributed by atoms with Crippen molar-refractivity contribution >= 4 is 22.6 Å². The van der Waals surface area contributed by atoms with E-state index in [0.29, 0.717) is 22.4 Å². The molecule has 0 saturated carbocycles. The first-order valence-corrected chi connectivity index (χ1v) is 6.25. The molecule has 0 atom stereocenters. The Hall–Kier alpha value is -2.94. The molecule has 3 aromatic rings. The van der Waals surface area contributed by atoms with Crippen LogP contribution in [-0.2, 0) is 17.9 Å². The first-order valence-electron chi connectivity index (χ1n) is 6.25. The van der Waals surface area contributed by atoms with Gasteiger partial charge in [0.1, 0.15) is 6.54 Å². The van der Waals surface area contributed by atoms with Crippen LogP contribution in [0.1, 0.15) is 5.69 Å². The molecule has 0 unspecified atom stereocenters. The van der Waals surface area contributed by atoms with Crippen LogP contribution < -0.4 is 16.7 Å². The molecule has 0 aliphatic heterocycles. The normalized spacial score (nSPS) is 10.9. The Balaban J connectivity index is 1.71. The van der Waals surface area contributed by atoms with E-state index in [1.54, 1.807) is 24.4 Å². The third-order valence-corrected chi connectivity index (χ3v) is 2.90. The van der Waals surface area contributed by atoms with E-state index in [2.05, 4.69) is 25.6 Å². The van der Waals surface area contributed by atoms with E-state index < -0.39 is 0 Å². The first kappa shape index (κ1) is 13.1. The molecule has 2 heterocycles. The van der Waals surface area contributed by atoms with E-state index in [1.165, 1.54) is 4.68 Å². The molecule has 0 aliphatic rings. The van der Waals surface area contributed by atoms with Gasteiger partial charge in [-0.3, -0.25) is 4.79 Å². The highest BCUT2D eigenvalue weighted by Gasteiger charge is 2.07. The number of fused-ring (bicyclic) bond motifs is 1. The summed E-state index contributed by atoms with van der Waals surface area (Å²) in [6.07, 6.45) is 1.62. The number of benzene rings is 1. The van der Waals surface area contributed by atoms with Crippen LogP contribution in [0.3, 0.4) is 0 Å². The van der Waals surface area contributed by atoms with Crippen molar-refractivity contribution in [2.45, 2.75) is 13.1 Å². The van der Waals surface area contributed by atoms with Gasteiger partial charge in [-0.05, 0) is 18.2 Å². The number of aromatic amines is 2. The minimum absolute atomic E-state index is 0.0364. The largest absolute Gasteiger partial charge is 0.325 e. The van der Waals surface area contributed by atoms with Gasteiger partial charge in [0.2, 0.25) is 5.91 Å². The zero-order chi connectivity index (χ0) is 14.8. The minimum atomic E-state index is -0.287. The van der Waals surface area contributed by atoms with E-state index in [1.807, 2.05) is 0 Å². The fourth-order valence-corrected chi connectivity index (χ4v) is 1.97. The lowest BCUT2D eigenvalue weighted by Gasteiger charge is -2.04. The summed E-state index contributed by atoms with van der Waals surface area (Å²) in [5.41, 5.74) is 7.65. The maximum absolute atomic E-state index is 11.9. The molecule has 0 spiro atoms. The number of nitrogens with one attached hydrogen (secondary N) is 3. The Morgan fingerprint density at radius 2 is 2.14 bits per heavy atom. The van der Waals surface area contributed by atoms with Crippen molar-refractivity contribution in [1.29, 1.82) is 0 Å². The van der Waals surface area contributed by atoms with Crippen molar-refractivity contribution < 1.29 is 4.79 Å². The second-order valence-electron chi connectivity index (χ2n) is 4.50. The van der Waals surface area contributed by atoms with Gasteiger partial charge in [0, 0.05) is 12.2 Å². The van der Waals surface area contributed by atoms with Crippen molar-refractivity contribution in [2.75, 3.05) is 5.32 Å². The van der Waals surface area contributed by atoms with Crippen LogP contribution in [0.15, 0.2) is 29.2 Å². The molecule has 0 radical (unpaired) electrons. The molecule has 0 fully saturated rings. The van der Waals surface area contributed by atoms with Gasteiger partial charge in [-0.1, -0.05) is 5.21 Å². The van der Waals surface area contributed by atoms with Gasteiger partial charge in [0.05, 0.1) is 22.9 Å². The molecule has 21 heavy (non-hydrogen) atoms. The predicted octanol–water partition coefficient (Wildman–Crippen LogP) is -0.455. The number of hydrogen-bond donors (Lipinski definition) is 4. The second kappa shape index (κ2) is 5.21. The van der Waals surface area contributed by atoms with Crippen LogP contribution in [0.2, 0.25) is 0 Å². The van der Waals surface area contributed by atoms with Gasteiger partial charge in [-0.2, -0.15) is 0 Å². The predicted molar refractivity (Wildman–Crippen MR) is 75.5 cm³/mol. The maximum Gasteiger partial charge on any atom is 0.323 e. The molecule has 0 saturated heterocycles. The van der Waals surface area contributed by atoms with Crippen LogP contribution in [0.25, 0.3) is 11.0 Å². The topological polar surface area (TPSA) is 134 Å². The summed E-state index contributed by atoms with van der Waals surface area (Å²) >= 11 is 0. The number of hydrogen-bond acceptors (Lipinski definition) is 5. The van der Waals surface area contributed by atoms with E-state index in [-0.39, 0.29) is 24.7 Å². The summed E-state index contributed by atoms with van der Waals surface area (Å²) in [7, 11) is 0. The molecule has 108 valence electrons. The molecule has 0 bridgehead atoms. The monoisotopic (exact) mass is 287 g/mol. The van der Waals surface area contributed by atoms with Gasteiger partial charge < -0.3 is 21.0 Å².